The van der Waals surface area contributed by atoms with Gasteiger partial charge in [-0.1, -0.05) is 15.9 Å². The highest BCUT2D eigenvalue weighted by atomic mass is 79.9. The molecule has 110 valence electrons. The van der Waals surface area contributed by atoms with Gasteiger partial charge in [0.15, 0.2) is 11.6 Å². The first-order chi connectivity index (χ1) is 9.92. The second-order valence-electron chi connectivity index (χ2n) is 4.16. The Labute approximate surface area is 128 Å². The number of benzene rings is 2. The molecule has 0 radical (unpaired) electrons. The van der Waals surface area contributed by atoms with Gasteiger partial charge in [0.1, 0.15) is 11.4 Å². The third-order valence-electron chi connectivity index (χ3n) is 2.74. The van der Waals surface area contributed by atoms with E-state index in [0.29, 0.717) is 5.75 Å². The molecule has 2 rings (SSSR count). The van der Waals surface area contributed by atoms with Crippen LogP contribution in [0.2, 0.25) is 0 Å². The number of anilines is 2. The number of ether oxygens (including phenoxy) is 1. The Bertz CT molecular complexity index is 684. The lowest BCUT2D eigenvalue weighted by molar-refractivity contribution is 0.102. The van der Waals surface area contributed by atoms with Crippen LogP contribution in [0.1, 0.15) is 10.4 Å². The van der Waals surface area contributed by atoms with E-state index in [-0.39, 0.29) is 15.7 Å². The molecule has 0 aromatic heterocycles. The Balaban J connectivity index is 2.28. The van der Waals surface area contributed by atoms with Gasteiger partial charge in [-0.15, -0.1) is 0 Å². The van der Waals surface area contributed by atoms with Gasteiger partial charge >= 0.3 is 0 Å². The lowest BCUT2D eigenvalue weighted by Crippen LogP contribution is -2.14. The van der Waals surface area contributed by atoms with Crippen molar-refractivity contribution in [1.82, 2.24) is 0 Å². The smallest absolute Gasteiger partial charge is 0.255 e. The van der Waals surface area contributed by atoms with Crippen LogP contribution >= 0.6 is 15.9 Å². The van der Waals surface area contributed by atoms with E-state index in [1.165, 1.54) is 25.3 Å². The molecule has 0 bridgehead atoms. The number of halogens is 3. The highest BCUT2D eigenvalue weighted by Crippen LogP contribution is 2.26. The van der Waals surface area contributed by atoms with Gasteiger partial charge in [-0.2, -0.15) is 0 Å². The number of hydrogen-bond acceptors (Lipinski definition) is 3. The molecule has 0 aliphatic rings. The van der Waals surface area contributed by atoms with Gasteiger partial charge in [0, 0.05) is 10.0 Å². The van der Waals surface area contributed by atoms with Crippen molar-refractivity contribution in [2.24, 2.45) is 0 Å². The van der Waals surface area contributed by atoms with Gasteiger partial charge in [-0.25, -0.2) is 8.78 Å². The molecular weight excluding hydrogens is 346 g/mol. The third-order valence-corrected chi connectivity index (χ3v) is 3.20. The van der Waals surface area contributed by atoms with E-state index in [9.17, 15) is 13.6 Å². The average molecular weight is 357 g/mol. The molecule has 0 unspecified atom stereocenters. The molecule has 0 spiro atoms. The summed E-state index contributed by atoms with van der Waals surface area (Å²) in [5, 5.41) is 2.18. The number of nitrogens with one attached hydrogen (secondary N) is 1. The van der Waals surface area contributed by atoms with Crippen LogP contribution in [0.4, 0.5) is 20.2 Å². The van der Waals surface area contributed by atoms with Crippen LogP contribution in [0, 0.1) is 11.6 Å². The summed E-state index contributed by atoms with van der Waals surface area (Å²) >= 11 is 2.96. The summed E-state index contributed by atoms with van der Waals surface area (Å²) in [6.07, 6.45) is 0. The van der Waals surface area contributed by atoms with Crippen molar-refractivity contribution in [2.45, 2.75) is 0 Å². The van der Waals surface area contributed by atoms with E-state index in [4.69, 9.17) is 10.5 Å². The molecule has 2 aromatic carbocycles. The largest absolute Gasteiger partial charge is 0.495 e. The molecule has 0 heterocycles. The molecule has 1 amide bonds. The number of nitrogen functional groups attached to an aromatic ring is 1. The summed E-state index contributed by atoms with van der Waals surface area (Å²) in [6, 6.07) is 6.42. The molecular formula is C14H11BrF2N2O2. The molecule has 0 aliphatic carbocycles. The summed E-state index contributed by atoms with van der Waals surface area (Å²) in [4.78, 5) is 12.0. The summed E-state index contributed by atoms with van der Waals surface area (Å²) in [5.41, 5.74) is 5.58. The van der Waals surface area contributed by atoms with Crippen LogP contribution < -0.4 is 15.8 Å². The van der Waals surface area contributed by atoms with E-state index in [0.717, 1.165) is 12.1 Å². The molecule has 7 heteroatoms. The Morgan fingerprint density at radius 2 is 1.86 bits per heavy atom. The Hall–Kier alpha value is -2.15. The monoisotopic (exact) mass is 356 g/mol. The van der Waals surface area contributed by atoms with Crippen molar-refractivity contribution in [3.05, 3.63) is 52.0 Å². The molecule has 0 saturated carbocycles. The van der Waals surface area contributed by atoms with Crippen molar-refractivity contribution >= 4 is 33.2 Å². The zero-order valence-electron chi connectivity index (χ0n) is 10.9. The zero-order chi connectivity index (χ0) is 15.6. The summed E-state index contributed by atoms with van der Waals surface area (Å²) in [5.74, 6) is -2.02. The van der Waals surface area contributed by atoms with Crippen LogP contribution in [0.15, 0.2) is 34.8 Å². The van der Waals surface area contributed by atoms with Crippen LogP contribution in [0.5, 0.6) is 5.75 Å². The molecule has 0 atom stereocenters. The first-order valence-electron chi connectivity index (χ1n) is 5.81. The van der Waals surface area contributed by atoms with Gasteiger partial charge < -0.3 is 15.8 Å². The van der Waals surface area contributed by atoms with Gasteiger partial charge in [0.25, 0.3) is 5.91 Å². The van der Waals surface area contributed by atoms with Crippen LogP contribution in [-0.2, 0) is 0 Å². The fraction of sp³-hybridized carbons (Fsp3) is 0.0714. The Kier molecular flexibility index (Phi) is 4.42. The molecule has 0 aliphatic heterocycles. The normalized spacial score (nSPS) is 10.3. The number of nitrogens with two attached hydrogens (primary N) is 1. The number of carbonyl (C=O) groups is 1. The third kappa shape index (κ3) is 3.30. The SMILES string of the molecule is COc1ccc(C(=O)Nc2c(F)cc(Br)cc2F)cc1N. The van der Waals surface area contributed by atoms with Gasteiger partial charge in [-0.3, -0.25) is 4.79 Å². The second-order valence-corrected chi connectivity index (χ2v) is 5.07. The summed E-state index contributed by atoms with van der Waals surface area (Å²) < 4.78 is 32.5. The lowest BCUT2D eigenvalue weighted by atomic mass is 10.1. The van der Waals surface area contributed by atoms with Crippen LogP contribution in [0.3, 0.4) is 0 Å². The van der Waals surface area contributed by atoms with Gasteiger partial charge in [0.05, 0.1) is 12.8 Å². The molecule has 4 nitrogen and oxygen atoms in total. The average Bonchev–Trinajstić information content (AvgIpc) is 2.42. The zero-order valence-corrected chi connectivity index (χ0v) is 12.5. The minimum Gasteiger partial charge on any atom is -0.495 e. The maximum absolute atomic E-state index is 13.7. The van der Waals surface area contributed by atoms with Gasteiger partial charge in [0.2, 0.25) is 0 Å². The first-order valence-corrected chi connectivity index (χ1v) is 6.61. The van der Waals surface area contributed by atoms with E-state index in [2.05, 4.69) is 21.2 Å². The number of amides is 1. The number of methoxy groups -OCH3 is 1. The molecule has 0 fully saturated rings. The first kappa shape index (κ1) is 15.2. The second kappa shape index (κ2) is 6.09. The van der Waals surface area contributed by atoms with Crippen LogP contribution in [0.25, 0.3) is 0 Å². The van der Waals surface area contributed by atoms with Crippen molar-refractivity contribution in [3.63, 3.8) is 0 Å². The fourth-order valence-electron chi connectivity index (χ4n) is 1.72. The fourth-order valence-corrected chi connectivity index (χ4v) is 2.12. The van der Waals surface area contributed by atoms with Crippen molar-refractivity contribution in [3.8, 4) is 5.75 Å². The van der Waals surface area contributed by atoms with E-state index in [1.807, 2.05) is 0 Å². The standard InChI is InChI=1S/C14H11BrF2N2O2/c1-21-12-3-2-7(4-11(12)18)14(20)19-13-9(16)5-8(15)6-10(13)17/h2-6H,18H2,1H3,(H,19,20). The lowest BCUT2D eigenvalue weighted by Gasteiger charge is -2.10. The Morgan fingerprint density at radius 1 is 1.24 bits per heavy atom. The highest BCUT2D eigenvalue weighted by molar-refractivity contribution is 9.10. The predicted octanol–water partition coefficient (Wildman–Crippen LogP) is 3.57. The van der Waals surface area contributed by atoms with Crippen LogP contribution in [-0.4, -0.2) is 13.0 Å². The number of carbonyl (C=O) groups excluding carboxylic acids is 1. The maximum atomic E-state index is 13.7. The molecule has 21 heavy (non-hydrogen) atoms. The summed E-state index contributed by atoms with van der Waals surface area (Å²) in [7, 11) is 1.44. The number of rotatable bonds is 3. The summed E-state index contributed by atoms with van der Waals surface area (Å²) in [6.45, 7) is 0. The van der Waals surface area contributed by atoms with Gasteiger partial charge in [-0.05, 0) is 30.3 Å². The van der Waals surface area contributed by atoms with E-state index in [1.54, 1.807) is 0 Å². The molecule has 0 saturated heterocycles. The molecule has 3 N–H and O–H groups in total. The number of hydrogen-bond donors (Lipinski definition) is 2. The topological polar surface area (TPSA) is 64.3 Å². The van der Waals surface area contributed by atoms with Crippen molar-refractivity contribution in [1.29, 1.82) is 0 Å². The highest BCUT2D eigenvalue weighted by Gasteiger charge is 2.15. The van der Waals surface area contributed by atoms with E-state index < -0.39 is 23.2 Å². The van der Waals surface area contributed by atoms with E-state index >= 15 is 0 Å². The Morgan fingerprint density at radius 3 is 2.38 bits per heavy atom. The van der Waals surface area contributed by atoms with Crippen molar-refractivity contribution < 1.29 is 18.3 Å². The minimum absolute atomic E-state index is 0.162. The maximum Gasteiger partial charge on any atom is 0.255 e. The minimum atomic E-state index is -0.878. The quantitative estimate of drug-likeness (QED) is 0.826. The van der Waals surface area contributed by atoms with Crippen molar-refractivity contribution in [2.75, 3.05) is 18.2 Å². The predicted molar refractivity (Wildman–Crippen MR) is 79.4 cm³/mol. The molecule has 2 aromatic rings.